The Balaban J connectivity index is 1.57. The predicted molar refractivity (Wildman–Crippen MR) is 111 cm³/mol. The molecule has 2 fully saturated rings. The van der Waals surface area contributed by atoms with Crippen molar-refractivity contribution in [3.05, 3.63) is 35.9 Å². The second kappa shape index (κ2) is 8.77. The Labute approximate surface area is 163 Å². The summed E-state index contributed by atoms with van der Waals surface area (Å²) >= 11 is 0. The van der Waals surface area contributed by atoms with Crippen LogP contribution in [0.4, 0.5) is 0 Å². The van der Waals surface area contributed by atoms with Crippen molar-refractivity contribution >= 4 is 11.9 Å². The molecule has 5 nitrogen and oxygen atoms in total. The zero-order valence-corrected chi connectivity index (χ0v) is 17.1. The van der Waals surface area contributed by atoms with Crippen molar-refractivity contribution in [2.24, 2.45) is 16.3 Å². The summed E-state index contributed by atoms with van der Waals surface area (Å²) in [6.07, 6.45) is 6.55. The van der Waals surface area contributed by atoms with Gasteiger partial charge in [-0.05, 0) is 37.2 Å². The summed E-state index contributed by atoms with van der Waals surface area (Å²) in [7, 11) is 5.58. The van der Waals surface area contributed by atoms with Crippen LogP contribution in [0.3, 0.4) is 0 Å². The summed E-state index contributed by atoms with van der Waals surface area (Å²) in [6.45, 7) is 2.76. The van der Waals surface area contributed by atoms with E-state index in [-0.39, 0.29) is 11.3 Å². The average Bonchev–Trinajstić information content (AvgIpc) is 3.33. The third kappa shape index (κ3) is 4.63. The molecule has 5 heteroatoms. The van der Waals surface area contributed by atoms with Gasteiger partial charge in [0.2, 0.25) is 5.91 Å². The van der Waals surface area contributed by atoms with Gasteiger partial charge < -0.3 is 15.1 Å². The summed E-state index contributed by atoms with van der Waals surface area (Å²) in [5, 5.41) is 3.54. The lowest BCUT2D eigenvalue weighted by Crippen LogP contribution is -2.49. The lowest BCUT2D eigenvalue weighted by atomic mass is 9.84. The van der Waals surface area contributed by atoms with Crippen LogP contribution < -0.4 is 5.32 Å². The molecule has 1 aliphatic heterocycles. The predicted octanol–water partition coefficient (Wildman–Crippen LogP) is 2.77. The highest BCUT2D eigenvalue weighted by molar-refractivity contribution is 5.85. The van der Waals surface area contributed by atoms with Crippen LogP contribution in [0.25, 0.3) is 0 Å². The second-order valence-electron chi connectivity index (χ2n) is 8.38. The van der Waals surface area contributed by atoms with Gasteiger partial charge in [0, 0.05) is 40.8 Å². The maximum atomic E-state index is 12.8. The van der Waals surface area contributed by atoms with E-state index in [0.717, 1.165) is 51.2 Å². The van der Waals surface area contributed by atoms with Crippen molar-refractivity contribution in [1.29, 1.82) is 0 Å². The Kier molecular flexibility index (Phi) is 6.40. The topological polar surface area (TPSA) is 47.9 Å². The number of benzene rings is 1. The van der Waals surface area contributed by atoms with Gasteiger partial charge in [0.25, 0.3) is 0 Å². The van der Waals surface area contributed by atoms with Gasteiger partial charge in [-0.3, -0.25) is 9.79 Å². The molecule has 1 aromatic rings. The summed E-state index contributed by atoms with van der Waals surface area (Å²) in [5.74, 6) is 1.87. The van der Waals surface area contributed by atoms with E-state index in [1.165, 1.54) is 12.0 Å². The Morgan fingerprint density at radius 2 is 1.96 bits per heavy atom. The zero-order valence-electron chi connectivity index (χ0n) is 17.1. The van der Waals surface area contributed by atoms with Crippen LogP contribution in [0, 0.1) is 11.3 Å². The number of nitrogens with one attached hydrogen (secondary N) is 1. The number of hydrogen-bond donors (Lipinski definition) is 1. The van der Waals surface area contributed by atoms with E-state index < -0.39 is 0 Å². The van der Waals surface area contributed by atoms with Gasteiger partial charge in [-0.15, -0.1) is 0 Å². The van der Waals surface area contributed by atoms with Crippen molar-refractivity contribution in [2.75, 3.05) is 40.8 Å². The van der Waals surface area contributed by atoms with Crippen molar-refractivity contribution in [1.82, 2.24) is 15.1 Å². The molecule has 1 atom stereocenters. The molecule has 1 N–H and O–H groups in total. The minimum atomic E-state index is -0.261. The van der Waals surface area contributed by atoms with Gasteiger partial charge in [0.05, 0.1) is 5.41 Å². The third-order valence-corrected chi connectivity index (χ3v) is 6.17. The summed E-state index contributed by atoms with van der Waals surface area (Å²) in [5.41, 5.74) is 1.15. The molecule has 1 heterocycles. The summed E-state index contributed by atoms with van der Waals surface area (Å²) in [6, 6.07) is 10.7. The molecule has 1 unspecified atom stereocenters. The number of aliphatic imine (C=N–C) groups is 1. The maximum absolute atomic E-state index is 12.8. The van der Waals surface area contributed by atoms with E-state index in [1.54, 1.807) is 4.90 Å². The molecule has 1 saturated heterocycles. The molecule has 1 aromatic carbocycles. The first-order valence-corrected chi connectivity index (χ1v) is 10.3. The SMILES string of the molecule is CN=C(NCC1(C(=O)N(C)C)CCCC1)N1CCC(Cc2ccccc2)C1. The molecule has 1 saturated carbocycles. The minimum absolute atomic E-state index is 0.256. The van der Waals surface area contributed by atoms with Crippen LogP contribution in [-0.2, 0) is 11.2 Å². The van der Waals surface area contributed by atoms with Gasteiger partial charge >= 0.3 is 0 Å². The van der Waals surface area contributed by atoms with Crippen LogP contribution in [0.1, 0.15) is 37.7 Å². The van der Waals surface area contributed by atoms with Crippen LogP contribution >= 0.6 is 0 Å². The van der Waals surface area contributed by atoms with E-state index >= 15 is 0 Å². The first-order valence-electron chi connectivity index (χ1n) is 10.3. The fraction of sp³-hybridized carbons (Fsp3) is 0.636. The standard InChI is InChI=1S/C22H34N4O/c1-23-21(24-17-22(12-7-8-13-22)20(27)25(2)3)26-14-11-19(16-26)15-18-9-5-4-6-10-18/h4-6,9-10,19H,7-8,11-17H2,1-3H3,(H,23,24). The van der Waals surface area contributed by atoms with Crippen LogP contribution in [0.2, 0.25) is 0 Å². The van der Waals surface area contributed by atoms with Gasteiger partial charge in [0.15, 0.2) is 5.96 Å². The van der Waals surface area contributed by atoms with Gasteiger partial charge in [0.1, 0.15) is 0 Å². The van der Waals surface area contributed by atoms with Crippen molar-refractivity contribution < 1.29 is 4.79 Å². The molecule has 3 rings (SSSR count). The number of likely N-dealkylation sites (tertiary alicyclic amines) is 1. The second-order valence-corrected chi connectivity index (χ2v) is 8.38. The van der Waals surface area contributed by atoms with Crippen LogP contribution in [0.5, 0.6) is 0 Å². The molecule has 2 aliphatic rings. The van der Waals surface area contributed by atoms with Gasteiger partial charge in [-0.25, -0.2) is 0 Å². The Morgan fingerprint density at radius 3 is 2.59 bits per heavy atom. The van der Waals surface area contributed by atoms with Crippen molar-refractivity contribution in [3.8, 4) is 0 Å². The molecule has 148 valence electrons. The maximum Gasteiger partial charge on any atom is 0.230 e. The molecule has 27 heavy (non-hydrogen) atoms. The number of hydrogen-bond acceptors (Lipinski definition) is 2. The fourth-order valence-corrected chi connectivity index (χ4v) is 4.71. The molecule has 1 amide bonds. The van der Waals surface area contributed by atoms with Crippen LogP contribution in [-0.4, -0.2) is 62.4 Å². The van der Waals surface area contributed by atoms with Crippen molar-refractivity contribution in [3.63, 3.8) is 0 Å². The van der Waals surface area contributed by atoms with Crippen LogP contribution in [0.15, 0.2) is 35.3 Å². The third-order valence-electron chi connectivity index (χ3n) is 6.17. The van der Waals surface area contributed by atoms with E-state index in [9.17, 15) is 4.79 Å². The number of amides is 1. The first-order chi connectivity index (χ1) is 13.0. The van der Waals surface area contributed by atoms with Crippen molar-refractivity contribution in [2.45, 2.75) is 38.5 Å². The van der Waals surface area contributed by atoms with E-state index in [0.29, 0.717) is 12.5 Å². The number of guanidine groups is 1. The molecule has 0 aromatic heterocycles. The number of carbonyl (C=O) groups excluding carboxylic acids is 1. The summed E-state index contributed by atoms with van der Waals surface area (Å²) in [4.78, 5) is 21.4. The molecule has 1 aliphatic carbocycles. The number of nitrogens with zero attached hydrogens (tertiary/aromatic N) is 3. The fourth-order valence-electron chi connectivity index (χ4n) is 4.71. The quantitative estimate of drug-likeness (QED) is 0.640. The molecular formula is C22H34N4O. The lowest BCUT2D eigenvalue weighted by Gasteiger charge is -2.32. The minimum Gasteiger partial charge on any atom is -0.355 e. The number of rotatable bonds is 5. The average molecular weight is 371 g/mol. The molecule has 0 bridgehead atoms. The highest BCUT2D eigenvalue weighted by atomic mass is 16.2. The normalized spacial score (nSPS) is 22.1. The Hall–Kier alpha value is -2.04. The largest absolute Gasteiger partial charge is 0.355 e. The highest BCUT2D eigenvalue weighted by Crippen LogP contribution is 2.39. The molecule has 0 spiro atoms. The number of carbonyl (C=O) groups is 1. The Morgan fingerprint density at radius 1 is 1.26 bits per heavy atom. The molecular weight excluding hydrogens is 336 g/mol. The van der Waals surface area contributed by atoms with Gasteiger partial charge in [-0.1, -0.05) is 43.2 Å². The molecule has 0 radical (unpaired) electrons. The highest BCUT2D eigenvalue weighted by Gasteiger charge is 2.42. The Bertz CT molecular complexity index is 650. The van der Waals surface area contributed by atoms with E-state index in [4.69, 9.17) is 0 Å². The smallest absolute Gasteiger partial charge is 0.230 e. The first kappa shape index (κ1) is 19.7. The van der Waals surface area contributed by atoms with E-state index in [2.05, 4.69) is 45.5 Å². The van der Waals surface area contributed by atoms with E-state index in [1.807, 2.05) is 21.1 Å². The monoisotopic (exact) mass is 370 g/mol. The summed E-state index contributed by atoms with van der Waals surface area (Å²) < 4.78 is 0. The van der Waals surface area contributed by atoms with Gasteiger partial charge in [-0.2, -0.15) is 0 Å². The lowest BCUT2D eigenvalue weighted by molar-refractivity contribution is -0.138. The zero-order chi connectivity index (χ0) is 19.3.